The third-order valence-corrected chi connectivity index (χ3v) is 9.12. The number of sulfonamides is 1. The van der Waals surface area contributed by atoms with Crippen molar-refractivity contribution in [1.29, 1.82) is 0 Å². The molecule has 4 rings (SSSR count). The number of nitrogens with one attached hydrogen (secondary N) is 1. The Morgan fingerprint density at radius 1 is 1.17 bits per heavy atom. The van der Waals surface area contributed by atoms with Crippen LogP contribution in [-0.4, -0.2) is 43.1 Å². The van der Waals surface area contributed by atoms with E-state index in [2.05, 4.69) is 10.5 Å². The second kappa shape index (κ2) is 11.0. The lowest BCUT2D eigenvalue weighted by Gasteiger charge is -2.31. The Kier molecular flexibility index (Phi) is 8.02. The maximum Gasteiger partial charge on any atom is 0.248 e. The Morgan fingerprint density at radius 3 is 2.75 bits per heavy atom. The van der Waals surface area contributed by atoms with Gasteiger partial charge < -0.3 is 9.84 Å². The van der Waals surface area contributed by atoms with Gasteiger partial charge in [0.15, 0.2) is 10.7 Å². The molecule has 1 N–H and O–H groups in total. The van der Waals surface area contributed by atoms with Crippen LogP contribution in [0.5, 0.6) is 0 Å². The van der Waals surface area contributed by atoms with Crippen molar-refractivity contribution in [3.8, 4) is 0 Å². The van der Waals surface area contributed by atoms with Crippen molar-refractivity contribution >= 4 is 45.5 Å². The quantitative estimate of drug-likeness (QED) is 0.408. The van der Waals surface area contributed by atoms with E-state index in [1.807, 2.05) is 68.6 Å². The molecule has 1 amide bonds. The molecule has 2 aromatic carbocycles. The molecule has 1 fully saturated rings. The van der Waals surface area contributed by atoms with Crippen molar-refractivity contribution in [3.63, 3.8) is 0 Å². The Labute approximate surface area is 217 Å². The third kappa shape index (κ3) is 5.74. The third-order valence-electron chi connectivity index (χ3n) is 6.37. The number of aromatic nitrogens is 1. The predicted octanol–water partition coefficient (Wildman–Crippen LogP) is 5.53. The summed E-state index contributed by atoms with van der Waals surface area (Å²) in [5.41, 5.74) is 4.18. The van der Waals surface area contributed by atoms with Gasteiger partial charge in [-0.05, 0) is 75.3 Å². The highest BCUT2D eigenvalue weighted by Crippen LogP contribution is 2.30. The zero-order valence-corrected chi connectivity index (χ0v) is 22.6. The van der Waals surface area contributed by atoms with Crippen LogP contribution in [0.4, 0.5) is 5.69 Å². The van der Waals surface area contributed by atoms with Crippen molar-refractivity contribution in [2.24, 2.45) is 5.92 Å². The van der Waals surface area contributed by atoms with E-state index in [4.69, 9.17) is 4.52 Å². The summed E-state index contributed by atoms with van der Waals surface area (Å²) in [5.74, 6) is -0.431. The number of nitrogens with zero attached hydrogens (tertiary/aromatic N) is 2. The van der Waals surface area contributed by atoms with Crippen molar-refractivity contribution in [2.75, 3.05) is 24.7 Å². The van der Waals surface area contributed by atoms with Gasteiger partial charge in [0, 0.05) is 23.7 Å². The van der Waals surface area contributed by atoms with Crippen molar-refractivity contribution in [1.82, 2.24) is 9.46 Å². The summed E-state index contributed by atoms with van der Waals surface area (Å²) < 4.78 is 34.2. The molecule has 1 atom stereocenters. The first-order valence-corrected chi connectivity index (χ1v) is 14.5. The van der Waals surface area contributed by atoms with Crippen molar-refractivity contribution < 1.29 is 17.7 Å². The van der Waals surface area contributed by atoms with Crippen molar-refractivity contribution in [2.45, 2.75) is 43.4 Å². The number of anilines is 1. The summed E-state index contributed by atoms with van der Waals surface area (Å²) in [7, 11) is -3.91. The van der Waals surface area contributed by atoms with Crippen LogP contribution in [0.15, 0.2) is 56.8 Å². The van der Waals surface area contributed by atoms with Crippen LogP contribution < -0.4 is 5.32 Å². The van der Waals surface area contributed by atoms with Crippen LogP contribution in [-0.2, 0) is 14.8 Å². The predicted molar refractivity (Wildman–Crippen MR) is 144 cm³/mol. The molecule has 0 radical (unpaired) electrons. The molecule has 1 aromatic heterocycles. The number of hydrogen-bond donors (Lipinski definition) is 1. The molecular formula is C27H31N3O4S2. The number of rotatable bonds is 7. The fraction of sp³-hybridized carbons (Fsp3) is 0.333. The lowest BCUT2D eigenvalue weighted by Crippen LogP contribution is -2.43. The van der Waals surface area contributed by atoms with Crippen LogP contribution >= 0.6 is 11.8 Å². The molecule has 1 aliphatic rings. The average molecular weight is 526 g/mol. The van der Waals surface area contributed by atoms with E-state index in [9.17, 15) is 13.2 Å². The van der Waals surface area contributed by atoms with Gasteiger partial charge >= 0.3 is 0 Å². The Balaban J connectivity index is 1.54. The molecule has 0 saturated carbocycles. The van der Waals surface area contributed by atoms with Crippen LogP contribution in [0.25, 0.3) is 12.2 Å². The molecule has 9 heteroatoms. The zero-order chi connectivity index (χ0) is 25.9. The van der Waals surface area contributed by atoms with Gasteiger partial charge in [0.25, 0.3) is 0 Å². The molecule has 190 valence electrons. The molecule has 1 unspecified atom stereocenters. The second-order valence-electron chi connectivity index (χ2n) is 9.08. The lowest BCUT2D eigenvalue weighted by molar-refractivity contribution is -0.120. The highest BCUT2D eigenvalue weighted by molar-refractivity contribution is 7.98. The zero-order valence-electron chi connectivity index (χ0n) is 20.9. The molecule has 2 heterocycles. The van der Waals surface area contributed by atoms with Crippen LogP contribution in [0, 0.1) is 26.7 Å². The highest BCUT2D eigenvalue weighted by atomic mass is 32.2. The fourth-order valence-electron chi connectivity index (χ4n) is 4.35. The van der Waals surface area contributed by atoms with E-state index in [0.29, 0.717) is 30.8 Å². The van der Waals surface area contributed by atoms with E-state index in [0.717, 1.165) is 21.6 Å². The van der Waals surface area contributed by atoms with Gasteiger partial charge in [-0.15, -0.1) is 11.8 Å². The summed E-state index contributed by atoms with van der Waals surface area (Å²) in [6.45, 7) is 6.09. The molecular weight excluding hydrogens is 494 g/mol. The first-order valence-electron chi connectivity index (χ1n) is 11.9. The number of amides is 1. The molecule has 0 aliphatic carbocycles. The summed E-state index contributed by atoms with van der Waals surface area (Å²) >= 11 is 1.60. The van der Waals surface area contributed by atoms with E-state index in [1.165, 1.54) is 4.31 Å². The molecule has 0 spiro atoms. The van der Waals surface area contributed by atoms with Crippen LogP contribution in [0.3, 0.4) is 0 Å². The number of hydrogen-bond acceptors (Lipinski definition) is 6. The number of thioether (sulfide) groups is 1. The van der Waals surface area contributed by atoms with Gasteiger partial charge in [-0.1, -0.05) is 41.1 Å². The Hall–Kier alpha value is -2.88. The SMILES string of the molecule is CSc1cccc(NC(=O)C2CCCN(S(=O)(=O)c3c(C)noc3/C=C/c3cc(C)ccc3C)C2)c1. The fourth-order valence-corrected chi connectivity index (χ4v) is 6.59. The van der Waals surface area contributed by atoms with E-state index in [-0.39, 0.29) is 23.1 Å². The highest BCUT2D eigenvalue weighted by Gasteiger charge is 2.37. The number of aryl methyl sites for hydroxylation is 3. The molecule has 1 saturated heterocycles. The molecule has 3 aromatic rings. The maximum absolute atomic E-state index is 13.7. The van der Waals surface area contributed by atoms with E-state index in [1.54, 1.807) is 24.8 Å². The smallest absolute Gasteiger partial charge is 0.248 e. The maximum atomic E-state index is 13.7. The summed E-state index contributed by atoms with van der Waals surface area (Å²) in [4.78, 5) is 14.1. The monoisotopic (exact) mass is 525 g/mol. The van der Waals surface area contributed by atoms with Gasteiger partial charge in [0.05, 0.1) is 5.92 Å². The van der Waals surface area contributed by atoms with E-state index < -0.39 is 15.9 Å². The van der Waals surface area contributed by atoms with Gasteiger partial charge in [0.1, 0.15) is 5.69 Å². The molecule has 1 aliphatic heterocycles. The van der Waals surface area contributed by atoms with Crippen molar-refractivity contribution in [3.05, 3.63) is 70.6 Å². The molecule has 36 heavy (non-hydrogen) atoms. The largest absolute Gasteiger partial charge is 0.355 e. The minimum atomic E-state index is -3.91. The topological polar surface area (TPSA) is 92.5 Å². The molecule has 7 nitrogen and oxygen atoms in total. The minimum Gasteiger partial charge on any atom is -0.355 e. The lowest BCUT2D eigenvalue weighted by atomic mass is 9.99. The average Bonchev–Trinajstić information content (AvgIpc) is 3.25. The summed E-state index contributed by atoms with van der Waals surface area (Å²) in [6, 6.07) is 13.7. The normalized spacial score (nSPS) is 16.9. The number of piperidine rings is 1. The van der Waals surface area contributed by atoms with Crippen LogP contribution in [0.1, 0.15) is 41.0 Å². The standard InChI is InChI=1S/C27H31N3O4S2/c1-18-10-11-19(2)21(15-18)12-13-25-26(20(3)29-34-25)36(32,33)30-14-6-7-22(17-30)27(31)28-23-8-5-9-24(16-23)35-4/h5,8-13,15-16,22H,6-7,14,17H2,1-4H3,(H,28,31)/b13-12+. The Bertz CT molecular complexity index is 1400. The number of carbonyl (C=O) groups is 1. The summed E-state index contributed by atoms with van der Waals surface area (Å²) in [5, 5.41) is 6.89. The first kappa shape index (κ1) is 26.2. The minimum absolute atomic E-state index is 0.0535. The van der Waals surface area contributed by atoms with Gasteiger partial charge in [0.2, 0.25) is 15.9 Å². The second-order valence-corrected chi connectivity index (χ2v) is 11.8. The van der Waals surface area contributed by atoms with Gasteiger partial charge in [-0.3, -0.25) is 4.79 Å². The number of carbonyl (C=O) groups excluding carboxylic acids is 1. The molecule has 0 bridgehead atoms. The van der Waals surface area contributed by atoms with Gasteiger partial charge in [-0.2, -0.15) is 4.31 Å². The summed E-state index contributed by atoms with van der Waals surface area (Å²) in [6.07, 6.45) is 6.70. The number of benzene rings is 2. The van der Waals surface area contributed by atoms with Crippen LogP contribution in [0.2, 0.25) is 0 Å². The van der Waals surface area contributed by atoms with Gasteiger partial charge in [-0.25, -0.2) is 8.42 Å². The Morgan fingerprint density at radius 2 is 1.97 bits per heavy atom. The van der Waals surface area contributed by atoms with E-state index >= 15 is 0 Å². The first-order chi connectivity index (χ1) is 17.2.